The second-order valence-corrected chi connectivity index (χ2v) is 10.3. The molecule has 1 saturated heterocycles. The van der Waals surface area contributed by atoms with E-state index in [1.54, 1.807) is 36.6 Å². The lowest BCUT2D eigenvalue weighted by Crippen LogP contribution is -2.43. The minimum Gasteiger partial charge on any atom is -0.495 e. The van der Waals surface area contributed by atoms with Gasteiger partial charge in [-0.15, -0.1) is 11.3 Å². The van der Waals surface area contributed by atoms with Gasteiger partial charge in [0.05, 0.1) is 18.7 Å². The van der Waals surface area contributed by atoms with Crippen LogP contribution in [0.25, 0.3) is 11.4 Å². The number of piperidine rings is 1. The van der Waals surface area contributed by atoms with Crippen LogP contribution in [-0.2, 0) is 14.8 Å². The maximum Gasteiger partial charge on any atom is 0.252 e. The Morgan fingerprint density at radius 3 is 2.90 bits per heavy atom. The fourth-order valence-electron chi connectivity index (χ4n) is 3.47. The second kappa shape index (κ2) is 8.77. The molecule has 0 radical (unpaired) electrons. The highest BCUT2D eigenvalue weighted by atomic mass is 32.2. The summed E-state index contributed by atoms with van der Waals surface area (Å²) in [4.78, 5) is 17.0. The van der Waals surface area contributed by atoms with Crippen molar-refractivity contribution in [3.05, 3.63) is 41.6 Å². The van der Waals surface area contributed by atoms with Gasteiger partial charge in [0.15, 0.2) is 0 Å². The van der Waals surface area contributed by atoms with Crippen molar-refractivity contribution in [3.63, 3.8) is 0 Å². The number of carbonyl (C=O) groups excluding carboxylic acids is 1. The van der Waals surface area contributed by atoms with Crippen molar-refractivity contribution in [1.82, 2.24) is 14.4 Å². The number of anilines is 1. The molecule has 31 heavy (non-hydrogen) atoms. The van der Waals surface area contributed by atoms with Crippen LogP contribution in [0.15, 0.2) is 44.4 Å². The van der Waals surface area contributed by atoms with E-state index in [1.807, 2.05) is 6.07 Å². The van der Waals surface area contributed by atoms with Crippen LogP contribution >= 0.6 is 11.3 Å². The number of sulfonamides is 1. The summed E-state index contributed by atoms with van der Waals surface area (Å²) in [6, 6.07) is 8.67. The fraction of sp³-hybridized carbons (Fsp3) is 0.350. The van der Waals surface area contributed by atoms with Crippen molar-refractivity contribution >= 4 is 33.0 Å². The van der Waals surface area contributed by atoms with E-state index in [-0.39, 0.29) is 16.7 Å². The highest BCUT2D eigenvalue weighted by Gasteiger charge is 2.34. The number of nitrogens with zero attached hydrogens (tertiary/aromatic N) is 3. The largest absolute Gasteiger partial charge is 0.495 e. The molecule has 0 saturated carbocycles. The quantitative estimate of drug-likeness (QED) is 0.598. The molecule has 2 aromatic heterocycles. The van der Waals surface area contributed by atoms with Crippen LogP contribution in [-0.4, -0.2) is 49.0 Å². The molecule has 1 amide bonds. The summed E-state index contributed by atoms with van der Waals surface area (Å²) < 4.78 is 38.2. The molecule has 0 spiro atoms. The van der Waals surface area contributed by atoms with Crippen LogP contribution in [0.4, 0.5) is 5.69 Å². The normalized spacial score (nSPS) is 17.4. The molecular formula is C20H22N4O5S2. The SMILES string of the molecule is COc1ccccc1NC(=O)[C@H]1CCCN(S(=O)(=O)c2cc(-c3noc(C)n3)cs2)C1. The Kier molecular flexibility index (Phi) is 6.08. The highest BCUT2D eigenvalue weighted by molar-refractivity contribution is 7.91. The molecule has 1 atom stereocenters. The predicted octanol–water partition coefficient (Wildman–Crippen LogP) is 3.15. The maximum absolute atomic E-state index is 13.2. The Labute approximate surface area is 184 Å². The maximum atomic E-state index is 13.2. The smallest absolute Gasteiger partial charge is 0.252 e. The first-order valence-corrected chi connectivity index (χ1v) is 12.0. The van der Waals surface area contributed by atoms with E-state index in [0.29, 0.717) is 48.1 Å². The Hall–Kier alpha value is -2.76. The molecule has 9 nitrogen and oxygen atoms in total. The monoisotopic (exact) mass is 462 g/mol. The van der Waals surface area contributed by atoms with E-state index < -0.39 is 15.9 Å². The zero-order valence-electron chi connectivity index (χ0n) is 17.1. The number of aromatic nitrogens is 2. The number of amides is 1. The predicted molar refractivity (Wildman–Crippen MR) is 115 cm³/mol. The topological polar surface area (TPSA) is 115 Å². The molecule has 0 aliphatic carbocycles. The molecule has 164 valence electrons. The van der Waals surface area contributed by atoms with Crippen LogP contribution in [0.2, 0.25) is 0 Å². The molecule has 1 fully saturated rings. The molecule has 3 heterocycles. The summed E-state index contributed by atoms with van der Waals surface area (Å²) in [5.41, 5.74) is 1.15. The lowest BCUT2D eigenvalue weighted by atomic mass is 9.98. The minimum absolute atomic E-state index is 0.123. The molecule has 1 aliphatic heterocycles. The number of hydrogen-bond donors (Lipinski definition) is 1. The van der Waals surface area contributed by atoms with E-state index in [1.165, 1.54) is 11.4 Å². The van der Waals surface area contributed by atoms with E-state index >= 15 is 0 Å². The third kappa shape index (κ3) is 4.48. The van der Waals surface area contributed by atoms with Crippen molar-refractivity contribution in [2.45, 2.75) is 24.0 Å². The number of carbonyl (C=O) groups is 1. The van der Waals surface area contributed by atoms with Gasteiger partial charge in [-0.2, -0.15) is 9.29 Å². The summed E-state index contributed by atoms with van der Waals surface area (Å²) in [6.07, 6.45) is 1.22. The average molecular weight is 463 g/mol. The van der Waals surface area contributed by atoms with Crippen LogP contribution in [0.3, 0.4) is 0 Å². The molecule has 11 heteroatoms. The van der Waals surface area contributed by atoms with Crippen LogP contribution < -0.4 is 10.1 Å². The number of methoxy groups -OCH3 is 1. The fourth-order valence-corrected chi connectivity index (χ4v) is 6.30. The zero-order chi connectivity index (χ0) is 22.0. The van der Waals surface area contributed by atoms with Gasteiger partial charge >= 0.3 is 0 Å². The van der Waals surface area contributed by atoms with Crippen molar-refractivity contribution in [2.75, 3.05) is 25.5 Å². The third-order valence-electron chi connectivity index (χ3n) is 5.08. The number of benzene rings is 1. The number of nitrogens with one attached hydrogen (secondary N) is 1. The summed E-state index contributed by atoms with van der Waals surface area (Å²) >= 11 is 1.10. The number of aryl methyl sites for hydroxylation is 1. The lowest BCUT2D eigenvalue weighted by molar-refractivity contribution is -0.120. The molecule has 0 unspecified atom stereocenters. The molecule has 1 N–H and O–H groups in total. The van der Waals surface area contributed by atoms with Crippen LogP contribution in [0, 0.1) is 12.8 Å². The zero-order valence-corrected chi connectivity index (χ0v) is 18.7. The molecule has 4 rings (SSSR count). The molecular weight excluding hydrogens is 440 g/mol. The van der Waals surface area contributed by atoms with Gasteiger partial charge in [0.25, 0.3) is 10.0 Å². The van der Waals surface area contributed by atoms with Gasteiger partial charge in [0.2, 0.25) is 17.6 Å². The first-order chi connectivity index (χ1) is 14.9. The van der Waals surface area contributed by atoms with Gasteiger partial charge in [-0.05, 0) is 31.0 Å². The van der Waals surface area contributed by atoms with Gasteiger partial charge in [-0.25, -0.2) is 8.42 Å². The Morgan fingerprint density at radius 2 is 2.16 bits per heavy atom. The van der Waals surface area contributed by atoms with Crippen molar-refractivity contribution in [3.8, 4) is 17.1 Å². The third-order valence-corrected chi connectivity index (χ3v) is 8.36. The van der Waals surface area contributed by atoms with Gasteiger partial charge in [0.1, 0.15) is 9.96 Å². The van der Waals surface area contributed by atoms with E-state index in [4.69, 9.17) is 9.26 Å². The Morgan fingerprint density at radius 1 is 1.35 bits per heavy atom. The van der Waals surface area contributed by atoms with Gasteiger partial charge in [-0.3, -0.25) is 4.79 Å². The Balaban J connectivity index is 1.48. The number of hydrogen-bond acceptors (Lipinski definition) is 8. The van der Waals surface area contributed by atoms with Gasteiger partial charge < -0.3 is 14.6 Å². The first-order valence-electron chi connectivity index (χ1n) is 9.71. The van der Waals surface area contributed by atoms with E-state index in [2.05, 4.69) is 15.5 Å². The number of rotatable bonds is 6. The molecule has 3 aromatic rings. The van der Waals surface area contributed by atoms with Crippen molar-refractivity contribution < 1.29 is 22.5 Å². The van der Waals surface area contributed by atoms with Gasteiger partial charge in [-0.1, -0.05) is 17.3 Å². The summed E-state index contributed by atoms with van der Waals surface area (Å²) in [6.45, 7) is 2.16. The molecule has 1 aliphatic rings. The Bertz CT molecular complexity index is 1190. The number of para-hydroxylation sites is 2. The molecule has 0 bridgehead atoms. The van der Waals surface area contributed by atoms with Gasteiger partial charge in [0, 0.05) is 31.0 Å². The minimum atomic E-state index is -3.73. The standard InChI is InChI=1S/C20H22N4O5S2/c1-13-21-19(23-29-13)15-10-18(30-12-15)31(26,27)24-9-5-6-14(11-24)20(25)22-16-7-3-4-8-17(16)28-2/h3-4,7-8,10,12,14H,5-6,9,11H2,1-2H3,(H,22,25)/t14-/m0/s1. The number of ether oxygens (including phenoxy) is 1. The summed E-state index contributed by atoms with van der Waals surface area (Å²) in [5.74, 6) is 0.638. The van der Waals surface area contributed by atoms with Crippen LogP contribution in [0.5, 0.6) is 5.75 Å². The highest BCUT2D eigenvalue weighted by Crippen LogP contribution is 2.32. The van der Waals surface area contributed by atoms with E-state index in [0.717, 1.165) is 11.3 Å². The van der Waals surface area contributed by atoms with E-state index in [9.17, 15) is 13.2 Å². The van der Waals surface area contributed by atoms with Crippen molar-refractivity contribution in [1.29, 1.82) is 0 Å². The van der Waals surface area contributed by atoms with Crippen molar-refractivity contribution in [2.24, 2.45) is 5.92 Å². The first kappa shape index (κ1) is 21.5. The molecule has 1 aromatic carbocycles. The van der Waals surface area contributed by atoms with Crippen LogP contribution in [0.1, 0.15) is 18.7 Å². The second-order valence-electron chi connectivity index (χ2n) is 7.18. The summed E-state index contributed by atoms with van der Waals surface area (Å²) in [5, 5.41) is 8.38. The number of thiophene rings is 1. The summed E-state index contributed by atoms with van der Waals surface area (Å²) in [7, 11) is -2.20. The average Bonchev–Trinajstić information content (AvgIpc) is 3.44. The lowest BCUT2D eigenvalue weighted by Gasteiger charge is -2.30.